The van der Waals surface area contributed by atoms with Crippen LogP contribution in [0, 0.1) is 17.5 Å². The molecule has 0 saturated carbocycles. The quantitative estimate of drug-likeness (QED) is 0.666. The molecule has 1 N–H and O–H groups in total. The van der Waals surface area contributed by atoms with Gasteiger partial charge >= 0.3 is 0 Å². The molecule has 29 heavy (non-hydrogen) atoms. The van der Waals surface area contributed by atoms with Crippen molar-refractivity contribution in [3.63, 3.8) is 0 Å². The third-order valence-electron chi connectivity index (χ3n) is 4.88. The standard InChI is InChI=1S/C22H15F3N2O2/c23-15-9-7-14(8-10-15)22(21(29)26-18-5-1-3-16(24)11-18)13-20(28)27(22)19-6-2-4-17(25)12-19/h1-12H,13H2,(H,26,29). The van der Waals surface area contributed by atoms with E-state index >= 15 is 0 Å². The zero-order valence-electron chi connectivity index (χ0n) is 15.0. The van der Waals surface area contributed by atoms with E-state index in [0.717, 1.165) is 12.1 Å². The second-order valence-electron chi connectivity index (χ2n) is 6.72. The van der Waals surface area contributed by atoms with E-state index in [1.54, 1.807) is 0 Å². The Hall–Kier alpha value is -3.61. The van der Waals surface area contributed by atoms with E-state index in [-0.39, 0.29) is 17.8 Å². The van der Waals surface area contributed by atoms with Gasteiger partial charge in [-0.05, 0) is 54.1 Å². The molecule has 0 radical (unpaired) electrons. The summed E-state index contributed by atoms with van der Waals surface area (Å²) in [7, 11) is 0. The Morgan fingerprint density at radius 3 is 2.14 bits per heavy atom. The van der Waals surface area contributed by atoms with Gasteiger partial charge in [0.25, 0.3) is 5.91 Å². The van der Waals surface area contributed by atoms with Gasteiger partial charge < -0.3 is 5.32 Å². The largest absolute Gasteiger partial charge is 0.324 e. The summed E-state index contributed by atoms with van der Waals surface area (Å²) >= 11 is 0. The Morgan fingerprint density at radius 2 is 1.52 bits per heavy atom. The van der Waals surface area contributed by atoms with Crippen LogP contribution < -0.4 is 10.2 Å². The molecule has 2 amide bonds. The summed E-state index contributed by atoms with van der Waals surface area (Å²) in [5.74, 6) is -2.61. The number of amides is 2. The van der Waals surface area contributed by atoms with E-state index in [4.69, 9.17) is 0 Å². The molecule has 3 aromatic rings. The molecular weight excluding hydrogens is 381 g/mol. The molecule has 1 fully saturated rings. The number of hydrogen-bond donors (Lipinski definition) is 1. The number of rotatable bonds is 4. The summed E-state index contributed by atoms with van der Waals surface area (Å²) in [5.41, 5.74) is -0.767. The first kappa shape index (κ1) is 18.7. The molecule has 1 atom stereocenters. The van der Waals surface area contributed by atoms with Crippen molar-refractivity contribution in [2.45, 2.75) is 12.0 Å². The number of nitrogens with one attached hydrogen (secondary N) is 1. The fraction of sp³-hybridized carbons (Fsp3) is 0.0909. The average Bonchev–Trinajstić information content (AvgIpc) is 2.66. The molecule has 0 aromatic heterocycles. The summed E-state index contributed by atoms with van der Waals surface area (Å²) in [6.07, 6.45) is -0.198. The minimum Gasteiger partial charge on any atom is -0.324 e. The summed E-state index contributed by atoms with van der Waals surface area (Å²) in [4.78, 5) is 27.0. The van der Waals surface area contributed by atoms with Gasteiger partial charge in [-0.1, -0.05) is 24.3 Å². The van der Waals surface area contributed by atoms with Gasteiger partial charge in [0.1, 0.15) is 17.5 Å². The van der Waals surface area contributed by atoms with Crippen LogP contribution >= 0.6 is 0 Å². The van der Waals surface area contributed by atoms with Crippen LogP contribution in [-0.2, 0) is 15.1 Å². The third-order valence-corrected chi connectivity index (χ3v) is 4.88. The van der Waals surface area contributed by atoms with Gasteiger partial charge in [0.05, 0.1) is 6.42 Å². The van der Waals surface area contributed by atoms with Crippen LogP contribution in [0.4, 0.5) is 24.5 Å². The van der Waals surface area contributed by atoms with Crippen LogP contribution in [-0.4, -0.2) is 11.8 Å². The van der Waals surface area contributed by atoms with Gasteiger partial charge in [-0.25, -0.2) is 13.2 Å². The Kier molecular flexibility index (Phi) is 4.58. The summed E-state index contributed by atoms with van der Waals surface area (Å²) < 4.78 is 40.8. The molecule has 4 rings (SSSR count). The molecule has 1 heterocycles. The number of β-lactam (4-membered cyclic amide) rings is 1. The van der Waals surface area contributed by atoms with Crippen molar-refractivity contribution < 1.29 is 22.8 Å². The van der Waals surface area contributed by atoms with Crippen molar-refractivity contribution in [1.82, 2.24) is 0 Å². The second-order valence-corrected chi connectivity index (χ2v) is 6.72. The van der Waals surface area contributed by atoms with Crippen molar-refractivity contribution in [3.05, 3.63) is 95.8 Å². The lowest BCUT2D eigenvalue weighted by Gasteiger charge is -2.50. The molecule has 0 bridgehead atoms. The molecule has 1 unspecified atom stereocenters. The predicted octanol–water partition coefficient (Wildman–Crippen LogP) is 4.37. The Morgan fingerprint density at radius 1 is 0.862 bits per heavy atom. The maximum atomic E-state index is 13.8. The molecule has 7 heteroatoms. The van der Waals surface area contributed by atoms with Crippen LogP contribution in [0.1, 0.15) is 12.0 Å². The van der Waals surface area contributed by atoms with Crippen LogP contribution in [0.15, 0.2) is 72.8 Å². The molecule has 1 aliphatic rings. The van der Waals surface area contributed by atoms with E-state index in [1.807, 2.05) is 0 Å². The van der Waals surface area contributed by atoms with Crippen molar-refractivity contribution in [3.8, 4) is 0 Å². The minimum atomic E-state index is -1.52. The zero-order valence-corrected chi connectivity index (χ0v) is 15.0. The Labute approximate surface area is 164 Å². The normalized spacial score (nSPS) is 18.3. The monoisotopic (exact) mass is 396 g/mol. The zero-order chi connectivity index (χ0) is 20.6. The van der Waals surface area contributed by atoms with Gasteiger partial charge in [-0.15, -0.1) is 0 Å². The van der Waals surface area contributed by atoms with Crippen LogP contribution in [0.25, 0.3) is 0 Å². The van der Waals surface area contributed by atoms with Crippen LogP contribution in [0.3, 0.4) is 0 Å². The first-order valence-corrected chi connectivity index (χ1v) is 8.82. The molecule has 1 saturated heterocycles. The lowest BCUT2D eigenvalue weighted by Crippen LogP contribution is -2.67. The Balaban J connectivity index is 1.80. The smallest absolute Gasteiger partial charge is 0.255 e. The summed E-state index contributed by atoms with van der Waals surface area (Å²) in [6.45, 7) is 0. The number of hydrogen-bond acceptors (Lipinski definition) is 2. The van der Waals surface area contributed by atoms with Crippen molar-refractivity contribution in [2.24, 2.45) is 0 Å². The number of carbonyl (C=O) groups excluding carboxylic acids is 2. The van der Waals surface area contributed by atoms with Gasteiger partial charge in [-0.2, -0.15) is 0 Å². The van der Waals surface area contributed by atoms with E-state index in [2.05, 4.69) is 5.32 Å². The molecule has 3 aromatic carbocycles. The summed E-state index contributed by atoms with van der Waals surface area (Å²) in [5, 5.41) is 2.61. The SMILES string of the molecule is O=C1CC(C(=O)Nc2cccc(F)c2)(c2ccc(F)cc2)N1c1cccc(F)c1. The lowest BCUT2D eigenvalue weighted by atomic mass is 9.76. The summed E-state index contributed by atoms with van der Waals surface area (Å²) in [6, 6.07) is 15.8. The first-order valence-electron chi connectivity index (χ1n) is 8.82. The third kappa shape index (κ3) is 3.24. The Bertz CT molecular complexity index is 1100. The van der Waals surface area contributed by atoms with Gasteiger partial charge in [0.15, 0.2) is 5.54 Å². The van der Waals surface area contributed by atoms with Gasteiger partial charge in [-0.3, -0.25) is 14.5 Å². The highest BCUT2D eigenvalue weighted by atomic mass is 19.1. The number of anilines is 2. The molecule has 146 valence electrons. The van der Waals surface area contributed by atoms with E-state index in [1.165, 1.54) is 65.6 Å². The van der Waals surface area contributed by atoms with Gasteiger partial charge in [0.2, 0.25) is 5.91 Å². The lowest BCUT2D eigenvalue weighted by molar-refractivity contribution is -0.137. The highest BCUT2D eigenvalue weighted by Crippen LogP contribution is 2.45. The number of nitrogens with zero attached hydrogens (tertiary/aromatic N) is 1. The second kappa shape index (κ2) is 7.09. The predicted molar refractivity (Wildman–Crippen MR) is 102 cm³/mol. The van der Waals surface area contributed by atoms with Crippen molar-refractivity contribution >= 4 is 23.2 Å². The first-order chi connectivity index (χ1) is 13.9. The molecule has 4 nitrogen and oxygen atoms in total. The molecular formula is C22H15F3N2O2. The molecule has 0 aliphatic carbocycles. The van der Waals surface area contributed by atoms with E-state index in [0.29, 0.717) is 5.56 Å². The fourth-order valence-corrected chi connectivity index (χ4v) is 3.55. The van der Waals surface area contributed by atoms with E-state index < -0.39 is 34.8 Å². The molecule has 1 aliphatic heterocycles. The molecule has 0 spiro atoms. The van der Waals surface area contributed by atoms with Crippen LogP contribution in [0.2, 0.25) is 0 Å². The van der Waals surface area contributed by atoms with Crippen LogP contribution in [0.5, 0.6) is 0 Å². The maximum Gasteiger partial charge on any atom is 0.255 e. The van der Waals surface area contributed by atoms with E-state index in [9.17, 15) is 22.8 Å². The fourth-order valence-electron chi connectivity index (χ4n) is 3.55. The highest BCUT2D eigenvalue weighted by molar-refractivity contribution is 6.17. The van der Waals surface area contributed by atoms with Gasteiger partial charge in [0, 0.05) is 11.4 Å². The van der Waals surface area contributed by atoms with Crippen molar-refractivity contribution in [2.75, 3.05) is 10.2 Å². The minimum absolute atomic E-state index is 0.194. The maximum absolute atomic E-state index is 13.8. The number of carbonyl (C=O) groups is 2. The number of benzene rings is 3. The van der Waals surface area contributed by atoms with Crippen molar-refractivity contribution in [1.29, 1.82) is 0 Å². The highest BCUT2D eigenvalue weighted by Gasteiger charge is 2.58. The topological polar surface area (TPSA) is 49.4 Å². The number of halogens is 3. The average molecular weight is 396 g/mol.